The highest BCUT2D eigenvalue weighted by Crippen LogP contribution is 2.41. The van der Waals surface area contributed by atoms with Gasteiger partial charge in [-0.05, 0) is 17.7 Å². The minimum absolute atomic E-state index is 0.150. The van der Waals surface area contributed by atoms with Crippen LogP contribution in [0.1, 0.15) is 48.7 Å². The molecule has 0 aliphatic carbocycles. The van der Waals surface area contributed by atoms with Gasteiger partial charge in [-0.1, -0.05) is 78.9 Å². The van der Waals surface area contributed by atoms with Crippen molar-refractivity contribution in [2.75, 3.05) is 0 Å². The van der Waals surface area contributed by atoms with Crippen molar-refractivity contribution in [2.24, 2.45) is 0 Å². The zero-order valence-electron chi connectivity index (χ0n) is 17.7. The lowest BCUT2D eigenvalue weighted by atomic mass is 9.74. The van der Waals surface area contributed by atoms with Gasteiger partial charge in [0.25, 0.3) is 11.8 Å². The highest BCUT2D eigenvalue weighted by Gasteiger charge is 2.48. The second-order valence-electron chi connectivity index (χ2n) is 7.96. The summed E-state index contributed by atoms with van der Waals surface area (Å²) in [5.74, 6) is -1.82. The van der Waals surface area contributed by atoms with E-state index in [0.717, 1.165) is 5.56 Å². The SMILES string of the molecule is O=C(N[C@@H]1C(=O)n2ccnc2[C@@H](C(=O)c2ccccc2)[C@H]1c1ccccc1)c1ccccc1. The molecule has 2 heterocycles. The molecule has 1 aliphatic heterocycles. The number of Topliss-reactive ketones (excluding diaryl/α,β-unsaturated/α-hetero) is 1. The minimum Gasteiger partial charge on any atom is -0.340 e. The maximum Gasteiger partial charge on any atom is 0.255 e. The third-order valence-corrected chi connectivity index (χ3v) is 6.02. The summed E-state index contributed by atoms with van der Waals surface area (Å²) in [5, 5.41) is 2.91. The highest BCUT2D eigenvalue weighted by atomic mass is 16.2. The van der Waals surface area contributed by atoms with Crippen LogP contribution < -0.4 is 5.32 Å². The highest BCUT2D eigenvalue weighted by molar-refractivity contribution is 6.05. The number of benzene rings is 3. The van der Waals surface area contributed by atoms with Gasteiger partial charge in [0.2, 0.25) is 0 Å². The summed E-state index contributed by atoms with van der Waals surface area (Å²) in [6.45, 7) is 0. The van der Waals surface area contributed by atoms with Crippen molar-refractivity contribution in [3.63, 3.8) is 0 Å². The zero-order valence-corrected chi connectivity index (χ0v) is 17.7. The van der Waals surface area contributed by atoms with Gasteiger partial charge >= 0.3 is 0 Å². The fourth-order valence-electron chi connectivity index (χ4n) is 4.48. The summed E-state index contributed by atoms with van der Waals surface area (Å²) >= 11 is 0. The number of amides is 1. The molecule has 33 heavy (non-hydrogen) atoms. The van der Waals surface area contributed by atoms with Crippen LogP contribution >= 0.6 is 0 Å². The summed E-state index contributed by atoms with van der Waals surface area (Å²) in [4.78, 5) is 44.8. The van der Waals surface area contributed by atoms with Crippen molar-refractivity contribution in [3.8, 4) is 0 Å². The molecule has 6 heteroatoms. The Morgan fingerprint density at radius 2 is 1.36 bits per heavy atom. The maximum atomic E-state index is 13.8. The molecule has 1 aromatic heterocycles. The van der Waals surface area contributed by atoms with Crippen molar-refractivity contribution in [1.82, 2.24) is 14.9 Å². The number of carbonyl (C=O) groups is 3. The average Bonchev–Trinajstić information content (AvgIpc) is 3.37. The van der Waals surface area contributed by atoms with Crippen LogP contribution in [0.3, 0.4) is 0 Å². The van der Waals surface area contributed by atoms with Crippen LogP contribution in [0.15, 0.2) is 103 Å². The topological polar surface area (TPSA) is 81.1 Å². The molecule has 0 spiro atoms. The summed E-state index contributed by atoms with van der Waals surface area (Å²) < 4.78 is 1.39. The predicted molar refractivity (Wildman–Crippen MR) is 123 cm³/mol. The Bertz CT molecular complexity index is 1300. The van der Waals surface area contributed by atoms with Gasteiger partial charge in [0.15, 0.2) is 5.78 Å². The Labute approximate surface area is 190 Å². The third kappa shape index (κ3) is 3.76. The van der Waals surface area contributed by atoms with Gasteiger partial charge in [0.05, 0.1) is 5.92 Å². The predicted octanol–water partition coefficient (Wildman–Crippen LogP) is 4.09. The van der Waals surface area contributed by atoms with E-state index in [4.69, 9.17) is 0 Å². The molecule has 3 aromatic carbocycles. The number of fused-ring (bicyclic) bond motifs is 1. The first-order valence-corrected chi connectivity index (χ1v) is 10.7. The van der Waals surface area contributed by atoms with Crippen LogP contribution in [-0.2, 0) is 0 Å². The van der Waals surface area contributed by atoms with E-state index in [9.17, 15) is 14.4 Å². The second kappa shape index (κ2) is 8.67. The molecule has 4 aromatic rings. The molecule has 0 fully saturated rings. The molecule has 0 bridgehead atoms. The van der Waals surface area contributed by atoms with Crippen molar-refractivity contribution < 1.29 is 14.4 Å². The van der Waals surface area contributed by atoms with Gasteiger partial charge < -0.3 is 5.32 Å². The van der Waals surface area contributed by atoms with E-state index in [1.807, 2.05) is 42.5 Å². The number of imidazole rings is 1. The molecule has 1 N–H and O–H groups in total. The smallest absolute Gasteiger partial charge is 0.255 e. The molecule has 6 nitrogen and oxygen atoms in total. The van der Waals surface area contributed by atoms with E-state index in [0.29, 0.717) is 17.0 Å². The van der Waals surface area contributed by atoms with Crippen molar-refractivity contribution in [1.29, 1.82) is 0 Å². The van der Waals surface area contributed by atoms with Crippen molar-refractivity contribution in [3.05, 3.63) is 126 Å². The largest absolute Gasteiger partial charge is 0.340 e. The van der Waals surface area contributed by atoms with E-state index < -0.39 is 17.9 Å². The van der Waals surface area contributed by atoms with Gasteiger partial charge in [-0.15, -0.1) is 0 Å². The number of hydrogen-bond acceptors (Lipinski definition) is 4. The van der Waals surface area contributed by atoms with Crippen molar-refractivity contribution in [2.45, 2.75) is 17.9 Å². The number of hydrogen-bond donors (Lipinski definition) is 1. The molecule has 5 rings (SSSR count). The summed E-state index contributed by atoms with van der Waals surface area (Å²) in [6.07, 6.45) is 3.06. The van der Waals surface area contributed by atoms with Gasteiger partial charge in [0.1, 0.15) is 11.9 Å². The Hall–Kier alpha value is -4.32. The van der Waals surface area contributed by atoms with Crippen LogP contribution in [-0.4, -0.2) is 33.2 Å². The number of aromatic nitrogens is 2. The molecule has 1 aliphatic rings. The standard InChI is InChI=1S/C27H21N3O3/c31-24(19-12-6-2-7-13-19)22-21(18-10-4-1-5-11-18)23(27(33)30-17-16-28-25(22)30)29-26(32)20-14-8-3-9-15-20/h1-17,21-23H,(H,29,32)/t21-,22-,23+/m1/s1. The normalized spacial score (nSPS) is 19.5. The van der Waals surface area contributed by atoms with Crippen LogP contribution in [0, 0.1) is 0 Å². The number of ketones is 1. The Balaban J connectivity index is 1.64. The lowest BCUT2D eigenvalue weighted by Crippen LogP contribution is -2.53. The van der Waals surface area contributed by atoms with E-state index in [-0.39, 0.29) is 17.6 Å². The minimum atomic E-state index is -0.945. The molecule has 0 unspecified atom stereocenters. The molecule has 0 radical (unpaired) electrons. The van der Waals surface area contributed by atoms with Gasteiger partial charge in [-0.3, -0.25) is 19.0 Å². The number of nitrogens with one attached hydrogen (secondary N) is 1. The van der Waals surface area contributed by atoms with Crippen LogP contribution in [0.2, 0.25) is 0 Å². The molecule has 162 valence electrons. The molecular formula is C27H21N3O3. The van der Waals surface area contributed by atoms with Gasteiger partial charge in [-0.25, -0.2) is 4.98 Å². The van der Waals surface area contributed by atoms with Crippen LogP contribution in [0.5, 0.6) is 0 Å². The van der Waals surface area contributed by atoms with Crippen molar-refractivity contribution >= 4 is 17.6 Å². The van der Waals surface area contributed by atoms with Gasteiger partial charge in [-0.2, -0.15) is 0 Å². The molecular weight excluding hydrogens is 414 g/mol. The van der Waals surface area contributed by atoms with Crippen LogP contribution in [0.25, 0.3) is 0 Å². The number of nitrogens with zero attached hydrogens (tertiary/aromatic N) is 2. The summed E-state index contributed by atoms with van der Waals surface area (Å²) in [5.41, 5.74) is 1.76. The molecule has 3 atom stereocenters. The Kier molecular flexibility index (Phi) is 5.40. The van der Waals surface area contributed by atoms with E-state index in [2.05, 4.69) is 10.3 Å². The lowest BCUT2D eigenvalue weighted by Gasteiger charge is -2.37. The van der Waals surface area contributed by atoms with E-state index in [1.165, 1.54) is 10.8 Å². The van der Waals surface area contributed by atoms with Gasteiger partial charge in [0, 0.05) is 29.4 Å². The second-order valence-corrected chi connectivity index (χ2v) is 7.96. The Morgan fingerprint density at radius 3 is 2.00 bits per heavy atom. The first-order valence-electron chi connectivity index (χ1n) is 10.7. The first kappa shape index (κ1) is 20.6. The molecule has 0 saturated carbocycles. The fourth-order valence-corrected chi connectivity index (χ4v) is 4.48. The Morgan fingerprint density at radius 1 is 0.788 bits per heavy atom. The maximum absolute atomic E-state index is 13.8. The number of rotatable bonds is 5. The number of carbonyl (C=O) groups excluding carboxylic acids is 3. The monoisotopic (exact) mass is 435 g/mol. The quantitative estimate of drug-likeness (QED) is 0.479. The molecule has 0 saturated heterocycles. The third-order valence-electron chi connectivity index (χ3n) is 6.02. The average molecular weight is 435 g/mol. The lowest BCUT2D eigenvalue weighted by molar-refractivity contribution is 0.0723. The fraction of sp³-hybridized carbons (Fsp3) is 0.111. The first-order chi connectivity index (χ1) is 16.1. The van der Waals surface area contributed by atoms with Crippen LogP contribution in [0.4, 0.5) is 0 Å². The summed E-state index contributed by atoms with van der Waals surface area (Å²) in [7, 11) is 0. The molecule has 1 amide bonds. The summed E-state index contributed by atoms with van der Waals surface area (Å²) in [6, 6.07) is 26.1. The van der Waals surface area contributed by atoms with E-state index in [1.54, 1.807) is 54.7 Å². The zero-order chi connectivity index (χ0) is 22.8. The van der Waals surface area contributed by atoms with E-state index >= 15 is 0 Å².